The number of nitro benzene ring substituents is 1. The van der Waals surface area contributed by atoms with E-state index in [1.54, 1.807) is 54.6 Å². The van der Waals surface area contributed by atoms with Crippen LogP contribution in [0.2, 0.25) is 0 Å². The summed E-state index contributed by atoms with van der Waals surface area (Å²) in [5.74, 6) is -0.703. The molecular weight excluding hydrogens is 665 g/mol. The zero-order valence-corrected chi connectivity index (χ0v) is 25.4. The molecule has 0 spiro atoms. The summed E-state index contributed by atoms with van der Waals surface area (Å²) in [5, 5.41) is 19.6. The highest BCUT2D eigenvalue weighted by atomic mass is 79.9. The maximum Gasteiger partial charge on any atom is 0.312 e. The van der Waals surface area contributed by atoms with Crippen LogP contribution in [0, 0.1) is 15.9 Å². The van der Waals surface area contributed by atoms with Gasteiger partial charge in [-0.2, -0.15) is 9.78 Å². The Bertz CT molecular complexity index is 2250. The number of furan rings is 1. The Morgan fingerprint density at radius 3 is 2.67 bits per heavy atom. The van der Waals surface area contributed by atoms with Crippen molar-refractivity contribution in [3.63, 3.8) is 0 Å². The van der Waals surface area contributed by atoms with E-state index in [9.17, 15) is 24.1 Å². The van der Waals surface area contributed by atoms with Gasteiger partial charge in [-0.25, -0.2) is 9.37 Å². The van der Waals surface area contributed by atoms with Crippen molar-refractivity contribution in [2.75, 3.05) is 19.0 Å². The average Bonchev–Trinajstić information content (AvgIpc) is 3.49. The number of benzene rings is 4. The third-order valence-corrected chi connectivity index (χ3v) is 7.37. The van der Waals surface area contributed by atoms with Gasteiger partial charge in [0.1, 0.15) is 17.1 Å². The van der Waals surface area contributed by atoms with Crippen molar-refractivity contribution in [3.05, 3.63) is 121 Å². The molecule has 230 valence electrons. The Balaban J connectivity index is 1.36. The highest BCUT2D eigenvalue weighted by molar-refractivity contribution is 9.10. The summed E-state index contributed by atoms with van der Waals surface area (Å²) in [4.78, 5) is 41.9. The minimum Gasteiger partial charge on any atom is -0.496 e. The number of nitrogens with one attached hydrogen (secondary N) is 1. The molecule has 2 heterocycles. The van der Waals surface area contributed by atoms with Crippen molar-refractivity contribution in [2.45, 2.75) is 0 Å². The van der Waals surface area contributed by atoms with Gasteiger partial charge in [0.25, 0.3) is 11.5 Å². The van der Waals surface area contributed by atoms with Gasteiger partial charge in [0.2, 0.25) is 11.6 Å². The molecule has 6 aromatic rings. The fraction of sp³-hybridized carbons (Fsp3) is 0.0625. The second-order valence-corrected chi connectivity index (χ2v) is 10.6. The van der Waals surface area contributed by atoms with Crippen molar-refractivity contribution in [1.82, 2.24) is 9.66 Å². The highest BCUT2D eigenvalue weighted by Gasteiger charge is 2.22. The minimum atomic E-state index is -0.726. The molecule has 0 bridgehead atoms. The lowest BCUT2D eigenvalue weighted by molar-refractivity contribution is -0.385. The summed E-state index contributed by atoms with van der Waals surface area (Å²) in [6.07, 6.45) is 1.25. The van der Waals surface area contributed by atoms with Gasteiger partial charge in [0, 0.05) is 11.6 Å². The first kappa shape index (κ1) is 30.1. The first-order chi connectivity index (χ1) is 22.2. The summed E-state index contributed by atoms with van der Waals surface area (Å²) < 4.78 is 32.0. The molecule has 4 aromatic carbocycles. The predicted octanol–water partition coefficient (Wildman–Crippen LogP) is 6.53. The van der Waals surface area contributed by atoms with Crippen LogP contribution < -0.4 is 20.3 Å². The summed E-state index contributed by atoms with van der Waals surface area (Å²) in [6.45, 7) is -0.634. The SMILES string of the molecule is COc1cccc2oc(-c3nc4ccccc4c(=O)n3N=Cc3cc(Br)c(OCC(=O)Nc4ccccc4F)c([N+](=O)[O-])c3)cc12. The number of fused-ring (bicyclic) bond motifs is 2. The number of aromatic nitrogens is 2. The molecule has 0 unspecified atom stereocenters. The van der Waals surface area contributed by atoms with Crippen LogP contribution in [0.1, 0.15) is 5.56 Å². The molecule has 0 aliphatic rings. The molecular formula is C32H21BrFN5O7. The molecule has 0 aliphatic carbocycles. The fourth-order valence-electron chi connectivity index (χ4n) is 4.68. The van der Waals surface area contributed by atoms with Crippen LogP contribution in [-0.4, -0.2) is 40.4 Å². The van der Waals surface area contributed by atoms with Crippen molar-refractivity contribution in [3.8, 4) is 23.1 Å². The van der Waals surface area contributed by atoms with Gasteiger partial charge in [-0.1, -0.05) is 30.3 Å². The van der Waals surface area contributed by atoms with E-state index in [1.807, 2.05) is 0 Å². The van der Waals surface area contributed by atoms with Crippen LogP contribution in [0.4, 0.5) is 15.8 Å². The second kappa shape index (κ2) is 12.6. The number of hydrogen-bond acceptors (Lipinski definition) is 9. The number of hydrogen-bond donors (Lipinski definition) is 1. The Morgan fingerprint density at radius 1 is 1.11 bits per heavy atom. The number of methoxy groups -OCH3 is 1. The van der Waals surface area contributed by atoms with Crippen molar-refractivity contribution < 1.29 is 28.0 Å². The van der Waals surface area contributed by atoms with Crippen LogP contribution in [-0.2, 0) is 4.79 Å². The number of amides is 1. The summed E-state index contributed by atoms with van der Waals surface area (Å²) in [7, 11) is 1.53. The van der Waals surface area contributed by atoms with E-state index in [0.29, 0.717) is 27.6 Å². The molecule has 0 atom stereocenters. The fourth-order valence-corrected chi connectivity index (χ4v) is 5.26. The molecule has 0 aliphatic heterocycles. The first-order valence-electron chi connectivity index (χ1n) is 13.5. The van der Waals surface area contributed by atoms with E-state index in [4.69, 9.17) is 13.9 Å². The largest absolute Gasteiger partial charge is 0.496 e. The van der Waals surface area contributed by atoms with Gasteiger partial charge < -0.3 is 19.2 Å². The zero-order chi connectivity index (χ0) is 32.4. The van der Waals surface area contributed by atoms with Crippen molar-refractivity contribution in [2.24, 2.45) is 5.10 Å². The van der Waals surface area contributed by atoms with Crippen LogP contribution in [0.5, 0.6) is 11.5 Å². The van der Waals surface area contributed by atoms with Crippen molar-refractivity contribution >= 4 is 61.3 Å². The zero-order valence-electron chi connectivity index (χ0n) is 23.8. The molecule has 2 aromatic heterocycles. The summed E-state index contributed by atoms with van der Waals surface area (Å²) >= 11 is 3.26. The molecule has 0 saturated heterocycles. The van der Waals surface area contributed by atoms with Gasteiger partial charge in [-0.3, -0.25) is 19.7 Å². The topological polar surface area (TPSA) is 151 Å². The van der Waals surface area contributed by atoms with Crippen LogP contribution in [0.15, 0.2) is 104 Å². The standard InChI is InChI=1S/C32H21BrFN5O7/c1-44-26-11-6-12-27-20(26)15-28(46-27)31-37-23-9-4-2-7-19(23)32(41)38(31)35-16-18-13-21(33)30(25(14-18)39(42)43)45-17-29(40)36-24-10-5-3-8-22(24)34/h2-16H,17H2,1H3,(H,36,40). The normalized spacial score (nSPS) is 11.3. The van der Waals surface area contributed by atoms with Gasteiger partial charge in [0.05, 0.1) is 44.7 Å². The molecule has 1 amide bonds. The molecule has 14 heteroatoms. The van der Waals surface area contributed by atoms with E-state index >= 15 is 0 Å². The average molecular weight is 686 g/mol. The Kier molecular flexibility index (Phi) is 8.27. The van der Waals surface area contributed by atoms with Crippen LogP contribution in [0.3, 0.4) is 0 Å². The smallest absolute Gasteiger partial charge is 0.312 e. The van der Waals surface area contributed by atoms with Crippen LogP contribution >= 0.6 is 15.9 Å². The third kappa shape index (κ3) is 5.93. The number of rotatable bonds is 9. The number of nitro groups is 1. The maximum atomic E-state index is 13.9. The third-order valence-electron chi connectivity index (χ3n) is 6.78. The van der Waals surface area contributed by atoms with Crippen molar-refractivity contribution in [1.29, 1.82) is 0 Å². The van der Waals surface area contributed by atoms with E-state index in [0.717, 1.165) is 4.68 Å². The molecule has 6 rings (SSSR count). The highest BCUT2D eigenvalue weighted by Crippen LogP contribution is 2.36. The molecule has 46 heavy (non-hydrogen) atoms. The number of halogens is 2. The molecule has 1 N–H and O–H groups in total. The lowest BCUT2D eigenvalue weighted by Crippen LogP contribution is -2.21. The van der Waals surface area contributed by atoms with Crippen LogP contribution in [0.25, 0.3) is 33.5 Å². The monoisotopic (exact) mass is 685 g/mol. The number of carbonyl (C=O) groups excluding carboxylic acids is 1. The number of anilines is 1. The second-order valence-electron chi connectivity index (χ2n) is 9.72. The number of ether oxygens (including phenoxy) is 2. The van der Waals surface area contributed by atoms with Gasteiger partial charge in [-0.15, -0.1) is 0 Å². The van der Waals surface area contributed by atoms with E-state index in [2.05, 4.69) is 31.3 Å². The Labute approximate surface area is 267 Å². The van der Waals surface area contributed by atoms with Gasteiger partial charge >= 0.3 is 5.69 Å². The molecule has 12 nitrogen and oxygen atoms in total. The van der Waals surface area contributed by atoms with Gasteiger partial charge in [-0.05, 0) is 64.5 Å². The van der Waals surface area contributed by atoms with E-state index < -0.39 is 34.5 Å². The quantitative estimate of drug-likeness (QED) is 0.103. The van der Waals surface area contributed by atoms with E-state index in [-0.39, 0.29) is 33.1 Å². The minimum absolute atomic E-state index is 0.0594. The first-order valence-corrected chi connectivity index (χ1v) is 14.3. The summed E-state index contributed by atoms with van der Waals surface area (Å²) in [6, 6.07) is 21.9. The number of para-hydroxylation sites is 2. The number of carbonyl (C=O) groups is 1. The van der Waals surface area contributed by atoms with Gasteiger partial charge in [0.15, 0.2) is 12.4 Å². The predicted molar refractivity (Wildman–Crippen MR) is 172 cm³/mol. The molecule has 0 radical (unpaired) electrons. The number of nitrogens with zero attached hydrogens (tertiary/aromatic N) is 4. The Morgan fingerprint density at radius 2 is 1.89 bits per heavy atom. The summed E-state index contributed by atoms with van der Waals surface area (Å²) in [5.41, 5.74) is 0.0990. The van der Waals surface area contributed by atoms with E-state index in [1.165, 1.54) is 43.7 Å². The lowest BCUT2D eigenvalue weighted by atomic mass is 10.2. The molecule has 0 saturated carbocycles. The Hall–Kier alpha value is -5.89. The molecule has 0 fully saturated rings. The lowest BCUT2D eigenvalue weighted by Gasteiger charge is -2.11. The maximum absolute atomic E-state index is 13.9.